The molecule has 4 nitrogen and oxygen atoms in total. The Balaban J connectivity index is 1.32. The Labute approximate surface area is 161 Å². The second-order valence-corrected chi connectivity index (χ2v) is 7.57. The van der Waals surface area contributed by atoms with Crippen molar-refractivity contribution in [2.24, 2.45) is 0 Å². The number of carbonyl (C=O) groups is 1. The van der Waals surface area contributed by atoms with Crippen LogP contribution < -0.4 is 10.2 Å². The Morgan fingerprint density at radius 3 is 2.22 bits per heavy atom. The van der Waals surface area contributed by atoms with E-state index < -0.39 is 0 Å². The molecule has 2 saturated heterocycles. The third kappa shape index (κ3) is 4.51. The zero-order valence-corrected chi connectivity index (χ0v) is 15.8. The summed E-state index contributed by atoms with van der Waals surface area (Å²) in [5.74, 6) is 0.456. The van der Waals surface area contributed by atoms with Crippen LogP contribution in [0.1, 0.15) is 47.5 Å². The Hall–Kier alpha value is -2.33. The molecule has 2 fully saturated rings. The van der Waals surface area contributed by atoms with E-state index in [2.05, 4.69) is 52.7 Å². The average Bonchev–Trinajstić information content (AvgIpc) is 2.75. The number of hydrogen-bond acceptors (Lipinski definition) is 4. The maximum atomic E-state index is 12.3. The minimum atomic E-state index is -0.198. The summed E-state index contributed by atoms with van der Waals surface area (Å²) in [4.78, 5) is 14.8. The van der Waals surface area contributed by atoms with E-state index in [9.17, 15) is 4.79 Å². The molecule has 1 N–H and O–H groups in total. The standard InChI is InChI=1S/C23H28N2O2/c26-23(27-22-10-14-24-15-11-22)20-6-8-21(9-7-20)25-16-12-19(13-17-25)18-4-2-1-3-5-18/h1-9,19,22,24H,10-17H2. The SMILES string of the molecule is O=C(OC1CCNCC1)c1ccc(N2CCC(c3ccccc3)CC2)cc1. The molecule has 0 amide bonds. The van der Waals surface area contributed by atoms with Gasteiger partial charge in [-0.1, -0.05) is 30.3 Å². The predicted octanol–water partition coefficient (Wildman–Crippen LogP) is 3.98. The van der Waals surface area contributed by atoms with Gasteiger partial charge in [0.25, 0.3) is 0 Å². The van der Waals surface area contributed by atoms with Crippen molar-refractivity contribution in [2.75, 3.05) is 31.1 Å². The molecule has 4 rings (SSSR count). The summed E-state index contributed by atoms with van der Waals surface area (Å²) >= 11 is 0. The molecule has 0 saturated carbocycles. The molecule has 4 heteroatoms. The van der Waals surface area contributed by atoms with Crippen LogP contribution in [0.2, 0.25) is 0 Å². The van der Waals surface area contributed by atoms with Crippen LogP contribution in [-0.4, -0.2) is 38.3 Å². The third-order valence-electron chi connectivity index (χ3n) is 5.79. The van der Waals surface area contributed by atoms with E-state index in [1.54, 1.807) is 0 Å². The maximum absolute atomic E-state index is 12.3. The van der Waals surface area contributed by atoms with Crippen molar-refractivity contribution < 1.29 is 9.53 Å². The third-order valence-corrected chi connectivity index (χ3v) is 5.79. The van der Waals surface area contributed by atoms with Crippen molar-refractivity contribution in [2.45, 2.75) is 37.7 Å². The van der Waals surface area contributed by atoms with Gasteiger partial charge < -0.3 is 15.0 Å². The zero-order valence-electron chi connectivity index (χ0n) is 15.8. The van der Waals surface area contributed by atoms with E-state index in [0.29, 0.717) is 11.5 Å². The lowest BCUT2D eigenvalue weighted by atomic mass is 9.89. The van der Waals surface area contributed by atoms with Gasteiger partial charge in [-0.15, -0.1) is 0 Å². The van der Waals surface area contributed by atoms with Crippen LogP contribution in [0, 0.1) is 0 Å². The minimum Gasteiger partial charge on any atom is -0.459 e. The van der Waals surface area contributed by atoms with Crippen LogP contribution in [0.5, 0.6) is 0 Å². The Bertz CT molecular complexity index is 731. The van der Waals surface area contributed by atoms with Gasteiger partial charge in [-0.25, -0.2) is 4.79 Å². The molecular formula is C23H28N2O2. The second-order valence-electron chi connectivity index (χ2n) is 7.57. The molecule has 0 aromatic heterocycles. The van der Waals surface area contributed by atoms with Crippen molar-refractivity contribution in [1.82, 2.24) is 5.32 Å². The number of anilines is 1. The normalized spacial score (nSPS) is 19.0. The Morgan fingerprint density at radius 1 is 0.889 bits per heavy atom. The van der Waals surface area contributed by atoms with Crippen molar-refractivity contribution >= 4 is 11.7 Å². The average molecular weight is 364 g/mol. The van der Waals surface area contributed by atoms with Gasteiger partial charge in [-0.05, 0) is 74.5 Å². The highest BCUT2D eigenvalue weighted by molar-refractivity contribution is 5.90. The van der Waals surface area contributed by atoms with Crippen LogP contribution >= 0.6 is 0 Å². The van der Waals surface area contributed by atoms with Crippen LogP contribution in [-0.2, 0) is 4.74 Å². The van der Waals surface area contributed by atoms with Gasteiger partial charge in [0.05, 0.1) is 5.56 Å². The summed E-state index contributed by atoms with van der Waals surface area (Å²) in [6.45, 7) is 3.96. The largest absolute Gasteiger partial charge is 0.459 e. The molecule has 2 aromatic carbocycles. The number of benzene rings is 2. The van der Waals surface area contributed by atoms with Crippen molar-refractivity contribution in [3.05, 3.63) is 65.7 Å². The van der Waals surface area contributed by atoms with E-state index in [-0.39, 0.29) is 12.1 Å². The molecule has 0 bridgehead atoms. The fraction of sp³-hybridized carbons (Fsp3) is 0.435. The summed E-state index contributed by atoms with van der Waals surface area (Å²) in [5.41, 5.74) is 3.30. The lowest BCUT2D eigenvalue weighted by Gasteiger charge is -2.34. The topological polar surface area (TPSA) is 41.6 Å². The molecule has 142 valence electrons. The highest BCUT2D eigenvalue weighted by Crippen LogP contribution is 2.30. The molecule has 2 aliphatic rings. The summed E-state index contributed by atoms with van der Waals surface area (Å²) in [6.07, 6.45) is 4.20. The van der Waals surface area contributed by atoms with Crippen molar-refractivity contribution in [3.8, 4) is 0 Å². The number of nitrogens with one attached hydrogen (secondary N) is 1. The van der Waals surface area contributed by atoms with Gasteiger partial charge in [-0.2, -0.15) is 0 Å². The van der Waals surface area contributed by atoms with E-state index in [1.807, 2.05) is 12.1 Å². The highest BCUT2D eigenvalue weighted by Gasteiger charge is 2.22. The lowest BCUT2D eigenvalue weighted by molar-refractivity contribution is 0.0229. The molecule has 0 aliphatic carbocycles. The smallest absolute Gasteiger partial charge is 0.338 e. The number of carbonyl (C=O) groups excluding carboxylic acids is 1. The zero-order chi connectivity index (χ0) is 18.5. The molecule has 2 heterocycles. The lowest BCUT2D eigenvalue weighted by Crippen LogP contribution is -2.34. The van der Waals surface area contributed by atoms with Gasteiger partial charge in [0.2, 0.25) is 0 Å². The van der Waals surface area contributed by atoms with Gasteiger partial charge in [0.15, 0.2) is 0 Å². The van der Waals surface area contributed by atoms with Crippen molar-refractivity contribution in [1.29, 1.82) is 0 Å². The van der Waals surface area contributed by atoms with Crippen LogP contribution in [0.3, 0.4) is 0 Å². The van der Waals surface area contributed by atoms with E-state index in [1.165, 1.54) is 24.1 Å². The number of nitrogens with zero attached hydrogens (tertiary/aromatic N) is 1. The van der Waals surface area contributed by atoms with Gasteiger partial charge in [-0.3, -0.25) is 0 Å². The first-order valence-electron chi connectivity index (χ1n) is 10.1. The van der Waals surface area contributed by atoms with Gasteiger partial charge in [0, 0.05) is 18.8 Å². The fourth-order valence-corrected chi connectivity index (χ4v) is 4.14. The highest BCUT2D eigenvalue weighted by atomic mass is 16.5. The van der Waals surface area contributed by atoms with E-state index >= 15 is 0 Å². The minimum absolute atomic E-state index is 0.0513. The van der Waals surface area contributed by atoms with E-state index in [0.717, 1.165) is 39.0 Å². The quantitative estimate of drug-likeness (QED) is 0.833. The number of ether oxygens (including phenoxy) is 1. The number of hydrogen-bond donors (Lipinski definition) is 1. The first kappa shape index (κ1) is 18.1. The van der Waals surface area contributed by atoms with Crippen molar-refractivity contribution in [3.63, 3.8) is 0 Å². The molecule has 0 spiro atoms. The van der Waals surface area contributed by atoms with Crippen LogP contribution in [0.15, 0.2) is 54.6 Å². The number of esters is 1. The Morgan fingerprint density at radius 2 is 1.56 bits per heavy atom. The number of piperidine rings is 2. The van der Waals surface area contributed by atoms with Gasteiger partial charge in [0.1, 0.15) is 6.10 Å². The molecule has 0 atom stereocenters. The molecule has 0 unspecified atom stereocenters. The second kappa shape index (κ2) is 8.57. The predicted molar refractivity (Wildman–Crippen MR) is 108 cm³/mol. The molecule has 2 aromatic rings. The summed E-state index contributed by atoms with van der Waals surface area (Å²) in [5, 5.41) is 3.29. The maximum Gasteiger partial charge on any atom is 0.338 e. The first-order chi connectivity index (χ1) is 13.3. The number of rotatable bonds is 4. The summed E-state index contributed by atoms with van der Waals surface area (Å²) < 4.78 is 5.63. The Kier molecular flexibility index (Phi) is 5.73. The van der Waals surface area contributed by atoms with Crippen LogP contribution in [0.25, 0.3) is 0 Å². The van der Waals surface area contributed by atoms with E-state index in [4.69, 9.17) is 4.74 Å². The molecule has 2 aliphatic heterocycles. The van der Waals surface area contributed by atoms with Gasteiger partial charge >= 0.3 is 5.97 Å². The summed E-state index contributed by atoms with van der Waals surface area (Å²) in [7, 11) is 0. The first-order valence-corrected chi connectivity index (χ1v) is 10.1. The molecule has 0 radical (unpaired) electrons. The monoisotopic (exact) mass is 364 g/mol. The van der Waals surface area contributed by atoms with Crippen LogP contribution in [0.4, 0.5) is 5.69 Å². The molecule has 27 heavy (non-hydrogen) atoms. The molecular weight excluding hydrogens is 336 g/mol. The summed E-state index contributed by atoms with van der Waals surface area (Å²) in [6, 6.07) is 18.7. The fourth-order valence-electron chi connectivity index (χ4n) is 4.14.